The Labute approximate surface area is 140 Å². The van der Waals surface area contributed by atoms with Crippen LogP contribution in [0.3, 0.4) is 0 Å². The molecule has 0 aliphatic carbocycles. The Balaban J connectivity index is 1.79. The van der Waals surface area contributed by atoms with Crippen LogP contribution in [-0.2, 0) is 6.42 Å². The minimum absolute atomic E-state index is 0.223. The van der Waals surface area contributed by atoms with Crippen molar-refractivity contribution in [3.8, 4) is 5.75 Å². The number of H-pyrrole nitrogens is 1. The summed E-state index contributed by atoms with van der Waals surface area (Å²) in [4.78, 5) is 19.3. The number of aliphatic hydroxyl groups excluding tert-OH is 1. The van der Waals surface area contributed by atoms with E-state index in [1.165, 1.54) is 0 Å². The Morgan fingerprint density at radius 3 is 2.88 bits per heavy atom. The molecular formula is C19H20N2O3. The van der Waals surface area contributed by atoms with Crippen LogP contribution in [0.15, 0.2) is 47.3 Å². The van der Waals surface area contributed by atoms with Gasteiger partial charge in [0.15, 0.2) is 0 Å². The van der Waals surface area contributed by atoms with Crippen molar-refractivity contribution in [2.24, 2.45) is 0 Å². The van der Waals surface area contributed by atoms with Gasteiger partial charge in [0, 0.05) is 0 Å². The second-order valence-corrected chi connectivity index (χ2v) is 5.88. The second-order valence-electron chi connectivity index (χ2n) is 5.88. The maximum Gasteiger partial charge on any atom is 0.258 e. The highest BCUT2D eigenvalue weighted by atomic mass is 16.5. The lowest BCUT2D eigenvalue weighted by molar-refractivity contribution is 0.158. The third kappa shape index (κ3) is 3.46. The molecule has 0 fully saturated rings. The molecule has 5 nitrogen and oxygen atoms in total. The van der Waals surface area contributed by atoms with Crippen molar-refractivity contribution in [3.63, 3.8) is 0 Å². The topological polar surface area (TPSA) is 75.2 Å². The first-order valence-corrected chi connectivity index (χ1v) is 7.88. The van der Waals surface area contributed by atoms with Gasteiger partial charge < -0.3 is 14.8 Å². The first kappa shape index (κ1) is 16.2. The Hall–Kier alpha value is -2.66. The zero-order valence-corrected chi connectivity index (χ0v) is 13.7. The number of aliphatic hydroxyl groups is 1. The molecule has 0 aliphatic rings. The van der Waals surface area contributed by atoms with Crippen LogP contribution in [0.4, 0.5) is 0 Å². The monoisotopic (exact) mass is 324 g/mol. The molecule has 124 valence electrons. The van der Waals surface area contributed by atoms with Gasteiger partial charge in [0.1, 0.15) is 17.7 Å². The van der Waals surface area contributed by atoms with Crippen molar-refractivity contribution in [2.75, 3.05) is 7.11 Å². The molecule has 2 N–H and O–H groups in total. The predicted octanol–water partition coefficient (Wildman–Crippen LogP) is 2.91. The summed E-state index contributed by atoms with van der Waals surface area (Å²) in [5, 5.41) is 10.9. The van der Waals surface area contributed by atoms with E-state index in [1.807, 2.05) is 37.3 Å². The molecule has 0 saturated heterocycles. The van der Waals surface area contributed by atoms with Crippen molar-refractivity contribution in [3.05, 3.63) is 69.8 Å². The first-order chi connectivity index (χ1) is 11.6. The number of fused-ring (bicyclic) bond motifs is 1. The van der Waals surface area contributed by atoms with Gasteiger partial charge in [-0.2, -0.15) is 0 Å². The fourth-order valence-electron chi connectivity index (χ4n) is 2.70. The second kappa shape index (κ2) is 6.84. The summed E-state index contributed by atoms with van der Waals surface area (Å²) in [6, 6.07) is 13.2. The van der Waals surface area contributed by atoms with E-state index in [4.69, 9.17) is 4.74 Å². The summed E-state index contributed by atoms with van der Waals surface area (Å²) in [7, 11) is 1.62. The summed E-state index contributed by atoms with van der Waals surface area (Å²) < 4.78 is 5.20. The molecule has 5 heteroatoms. The molecule has 0 bridgehead atoms. The molecule has 0 spiro atoms. The predicted molar refractivity (Wildman–Crippen MR) is 93.4 cm³/mol. The van der Waals surface area contributed by atoms with E-state index in [-0.39, 0.29) is 5.56 Å². The summed E-state index contributed by atoms with van der Waals surface area (Å²) >= 11 is 0. The molecule has 0 saturated carbocycles. The van der Waals surface area contributed by atoms with Crippen LogP contribution in [0.2, 0.25) is 0 Å². The summed E-state index contributed by atoms with van der Waals surface area (Å²) in [6.07, 6.45) is 0.302. The van der Waals surface area contributed by atoms with Crippen LogP contribution in [0.5, 0.6) is 5.75 Å². The molecule has 3 aromatic rings. The first-order valence-electron chi connectivity index (χ1n) is 7.88. The summed E-state index contributed by atoms with van der Waals surface area (Å²) in [5.41, 5.74) is 2.44. The number of aryl methyl sites for hydroxylation is 2. The number of rotatable bonds is 5. The third-order valence-corrected chi connectivity index (χ3v) is 4.04. The third-order valence-electron chi connectivity index (χ3n) is 4.04. The number of hydrogen-bond acceptors (Lipinski definition) is 4. The van der Waals surface area contributed by atoms with Gasteiger partial charge in [-0.25, -0.2) is 4.98 Å². The number of methoxy groups -OCH3 is 1. The van der Waals surface area contributed by atoms with Crippen LogP contribution in [-0.4, -0.2) is 22.2 Å². The number of hydrogen-bond donors (Lipinski definition) is 2. The van der Waals surface area contributed by atoms with Gasteiger partial charge in [-0.1, -0.05) is 23.8 Å². The van der Waals surface area contributed by atoms with E-state index in [0.717, 1.165) is 16.9 Å². The molecule has 2 aromatic carbocycles. The van der Waals surface area contributed by atoms with Gasteiger partial charge in [0.25, 0.3) is 5.56 Å². The van der Waals surface area contributed by atoms with Gasteiger partial charge in [-0.15, -0.1) is 0 Å². The molecule has 0 aliphatic heterocycles. The molecule has 1 unspecified atom stereocenters. The zero-order valence-electron chi connectivity index (χ0n) is 13.7. The van der Waals surface area contributed by atoms with Gasteiger partial charge >= 0.3 is 0 Å². The fourth-order valence-corrected chi connectivity index (χ4v) is 2.70. The van der Waals surface area contributed by atoms with Crippen molar-refractivity contribution >= 4 is 10.9 Å². The lowest BCUT2D eigenvalue weighted by Crippen LogP contribution is -2.15. The van der Waals surface area contributed by atoms with Gasteiger partial charge in [-0.3, -0.25) is 4.79 Å². The Bertz CT molecular complexity index is 918. The van der Waals surface area contributed by atoms with Gasteiger partial charge in [0.2, 0.25) is 0 Å². The largest absolute Gasteiger partial charge is 0.497 e. The number of ether oxygens (including phenoxy) is 1. The molecule has 1 atom stereocenters. The highest BCUT2D eigenvalue weighted by Crippen LogP contribution is 2.19. The van der Waals surface area contributed by atoms with Crippen LogP contribution in [0.1, 0.15) is 29.5 Å². The lowest BCUT2D eigenvalue weighted by atomic mass is 10.1. The van der Waals surface area contributed by atoms with Crippen LogP contribution in [0, 0.1) is 6.92 Å². The average molecular weight is 324 g/mol. The smallest absolute Gasteiger partial charge is 0.258 e. The van der Waals surface area contributed by atoms with Crippen molar-refractivity contribution in [2.45, 2.75) is 25.9 Å². The summed E-state index contributed by atoms with van der Waals surface area (Å²) in [5.74, 6) is 1.09. The fraction of sp³-hybridized carbons (Fsp3) is 0.263. The molecule has 1 aromatic heterocycles. The standard InChI is InChI=1S/C19H20N2O3/c1-12-6-8-16-15(10-12)19(23)21-18(20-16)17(22)9-7-13-4-3-5-14(11-13)24-2/h3-6,8,10-11,17,22H,7,9H2,1-2H3,(H,20,21,23). The van der Waals surface area contributed by atoms with E-state index >= 15 is 0 Å². The quantitative estimate of drug-likeness (QED) is 0.757. The van der Waals surface area contributed by atoms with Crippen LogP contribution >= 0.6 is 0 Å². The number of aromatic amines is 1. The molecule has 0 radical (unpaired) electrons. The number of nitrogens with one attached hydrogen (secondary N) is 1. The van der Waals surface area contributed by atoms with E-state index in [9.17, 15) is 9.90 Å². The van der Waals surface area contributed by atoms with Crippen LogP contribution in [0.25, 0.3) is 10.9 Å². The van der Waals surface area contributed by atoms with Crippen molar-refractivity contribution < 1.29 is 9.84 Å². The molecule has 0 amide bonds. The molecule has 3 rings (SSSR count). The van der Waals surface area contributed by atoms with Crippen LogP contribution < -0.4 is 10.3 Å². The van der Waals surface area contributed by atoms with E-state index in [0.29, 0.717) is 29.6 Å². The maximum absolute atomic E-state index is 12.2. The van der Waals surface area contributed by atoms with Crippen molar-refractivity contribution in [1.29, 1.82) is 0 Å². The number of benzene rings is 2. The molecular weight excluding hydrogens is 304 g/mol. The Kier molecular flexibility index (Phi) is 4.62. The minimum atomic E-state index is -0.824. The van der Waals surface area contributed by atoms with E-state index < -0.39 is 6.10 Å². The number of nitrogens with zero attached hydrogens (tertiary/aromatic N) is 1. The maximum atomic E-state index is 12.2. The Morgan fingerprint density at radius 1 is 1.25 bits per heavy atom. The lowest BCUT2D eigenvalue weighted by Gasteiger charge is -2.11. The molecule has 24 heavy (non-hydrogen) atoms. The van der Waals surface area contributed by atoms with Gasteiger partial charge in [-0.05, 0) is 49.6 Å². The zero-order chi connectivity index (χ0) is 17.1. The SMILES string of the molecule is COc1cccc(CCC(O)c2nc3ccc(C)cc3c(=O)[nH]2)c1. The Morgan fingerprint density at radius 2 is 2.08 bits per heavy atom. The normalized spacial score (nSPS) is 12.3. The summed E-state index contributed by atoms with van der Waals surface area (Å²) in [6.45, 7) is 1.93. The molecule has 1 heterocycles. The van der Waals surface area contributed by atoms with E-state index in [2.05, 4.69) is 9.97 Å². The van der Waals surface area contributed by atoms with Gasteiger partial charge in [0.05, 0.1) is 18.0 Å². The van der Waals surface area contributed by atoms with E-state index in [1.54, 1.807) is 19.2 Å². The van der Waals surface area contributed by atoms with Crippen molar-refractivity contribution in [1.82, 2.24) is 9.97 Å². The average Bonchev–Trinajstić information content (AvgIpc) is 2.60. The highest BCUT2D eigenvalue weighted by molar-refractivity contribution is 5.78. The number of aromatic nitrogens is 2. The highest BCUT2D eigenvalue weighted by Gasteiger charge is 2.13. The minimum Gasteiger partial charge on any atom is -0.497 e.